The number of carbonyl (C=O) groups is 1. The third kappa shape index (κ3) is 5.42. The van der Waals surface area contributed by atoms with Crippen LogP contribution in [0, 0.1) is 0 Å². The van der Waals surface area contributed by atoms with Gasteiger partial charge >= 0.3 is 0 Å². The van der Waals surface area contributed by atoms with Crippen molar-refractivity contribution >= 4 is 17.7 Å². The quantitative estimate of drug-likeness (QED) is 0.705. The Bertz CT molecular complexity index is 183. The summed E-state index contributed by atoms with van der Waals surface area (Å²) in [5.74, 6) is 0.492. The van der Waals surface area contributed by atoms with Crippen LogP contribution in [0.4, 0.5) is 0 Å². The lowest BCUT2D eigenvalue weighted by Gasteiger charge is -2.30. The van der Waals surface area contributed by atoms with Crippen molar-refractivity contribution in [1.29, 1.82) is 0 Å². The molecule has 0 aliphatic rings. The summed E-state index contributed by atoms with van der Waals surface area (Å²) in [6.45, 7) is 8.11. The molecule has 0 rings (SSSR count). The first-order chi connectivity index (χ1) is 6.99. The summed E-state index contributed by atoms with van der Waals surface area (Å²) in [4.78, 5) is 11.6. The number of aliphatic hydroxyl groups excluding tert-OH is 1. The van der Waals surface area contributed by atoms with Gasteiger partial charge in [-0.3, -0.25) is 4.79 Å². The molecule has 0 saturated carbocycles. The molecule has 2 N–H and O–H groups in total. The van der Waals surface area contributed by atoms with E-state index in [-0.39, 0.29) is 12.5 Å². The molecule has 0 bridgehead atoms. The predicted molar refractivity (Wildman–Crippen MR) is 66.1 cm³/mol. The maximum Gasteiger partial charge on any atom is 0.230 e. The SMILES string of the molecule is CCC(CC)(CO)NC(=O)CSC(C)C. The molecule has 0 saturated heterocycles. The van der Waals surface area contributed by atoms with Gasteiger partial charge in [-0.2, -0.15) is 0 Å². The van der Waals surface area contributed by atoms with E-state index in [4.69, 9.17) is 0 Å². The van der Waals surface area contributed by atoms with Crippen LogP contribution < -0.4 is 5.32 Å². The van der Waals surface area contributed by atoms with Crippen LogP contribution in [0.3, 0.4) is 0 Å². The van der Waals surface area contributed by atoms with E-state index in [0.717, 1.165) is 12.8 Å². The number of thioether (sulfide) groups is 1. The van der Waals surface area contributed by atoms with Crippen molar-refractivity contribution in [2.24, 2.45) is 0 Å². The van der Waals surface area contributed by atoms with Gasteiger partial charge in [0.15, 0.2) is 0 Å². The molecule has 0 fully saturated rings. The van der Waals surface area contributed by atoms with E-state index >= 15 is 0 Å². The van der Waals surface area contributed by atoms with Crippen molar-refractivity contribution in [1.82, 2.24) is 5.32 Å². The fraction of sp³-hybridized carbons (Fsp3) is 0.909. The fourth-order valence-electron chi connectivity index (χ4n) is 1.26. The average molecular weight is 233 g/mol. The van der Waals surface area contributed by atoms with Gasteiger partial charge in [0.25, 0.3) is 0 Å². The zero-order chi connectivity index (χ0) is 11.9. The lowest BCUT2D eigenvalue weighted by atomic mass is 9.94. The zero-order valence-corrected chi connectivity index (χ0v) is 11.0. The van der Waals surface area contributed by atoms with E-state index in [0.29, 0.717) is 11.0 Å². The van der Waals surface area contributed by atoms with Gasteiger partial charge in [-0.1, -0.05) is 27.7 Å². The van der Waals surface area contributed by atoms with Gasteiger partial charge in [-0.25, -0.2) is 0 Å². The van der Waals surface area contributed by atoms with Gasteiger partial charge in [-0.15, -0.1) is 11.8 Å². The predicted octanol–water partition coefficient (Wildman–Crippen LogP) is 1.80. The normalized spacial score (nSPS) is 11.9. The highest BCUT2D eigenvalue weighted by Gasteiger charge is 2.26. The largest absolute Gasteiger partial charge is 0.394 e. The topological polar surface area (TPSA) is 49.3 Å². The Kier molecular flexibility index (Phi) is 7.02. The molecule has 0 unspecified atom stereocenters. The molecule has 0 atom stereocenters. The molecular formula is C11H23NO2S. The Balaban J connectivity index is 4.11. The molecule has 0 spiro atoms. The van der Waals surface area contributed by atoms with Crippen molar-refractivity contribution in [3.05, 3.63) is 0 Å². The third-order valence-corrected chi connectivity index (χ3v) is 3.70. The van der Waals surface area contributed by atoms with Crippen LogP contribution in [0.2, 0.25) is 0 Å². The van der Waals surface area contributed by atoms with Crippen LogP contribution in [-0.4, -0.2) is 34.2 Å². The van der Waals surface area contributed by atoms with E-state index < -0.39 is 5.54 Å². The second-order valence-electron chi connectivity index (χ2n) is 4.05. The van der Waals surface area contributed by atoms with Crippen molar-refractivity contribution in [3.63, 3.8) is 0 Å². The first-order valence-corrected chi connectivity index (χ1v) is 6.58. The summed E-state index contributed by atoms with van der Waals surface area (Å²) in [7, 11) is 0. The number of carbonyl (C=O) groups excluding carboxylic acids is 1. The highest BCUT2D eigenvalue weighted by Crippen LogP contribution is 2.15. The molecule has 90 valence electrons. The summed E-state index contributed by atoms with van der Waals surface area (Å²) in [6.07, 6.45) is 1.52. The van der Waals surface area contributed by atoms with Gasteiger partial charge in [-0.05, 0) is 18.1 Å². The van der Waals surface area contributed by atoms with E-state index in [1.165, 1.54) is 0 Å². The smallest absolute Gasteiger partial charge is 0.230 e. The Morgan fingerprint density at radius 3 is 2.27 bits per heavy atom. The standard InChI is InChI=1S/C11H23NO2S/c1-5-11(6-2,8-13)12-10(14)7-15-9(3)4/h9,13H,5-8H2,1-4H3,(H,12,14). The maximum absolute atomic E-state index is 11.6. The molecule has 0 aliphatic heterocycles. The second kappa shape index (κ2) is 7.12. The second-order valence-corrected chi connectivity index (χ2v) is 5.62. The number of hydrogen-bond donors (Lipinski definition) is 2. The van der Waals surface area contributed by atoms with E-state index in [1.54, 1.807) is 11.8 Å². The van der Waals surface area contributed by atoms with Gasteiger partial charge < -0.3 is 10.4 Å². The summed E-state index contributed by atoms with van der Waals surface area (Å²) in [6, 6.07) is 0. The molecule has 0 aromatic rings. The minimum Gasteiger partial charge on any atom is -0.394 e. The van der Waals surface area contributed by atoms with Crippen molar-refractivity contribution in [2.75, 3.05) is 12.4 Å². The summed E-state index contributed by atoms with van der Waals surface area (Å²) < 4.78 is 0. The Hall–Kier alpha value is -0.220. The van der Waals surface area contributed by atoms with Crippen LogP contribution in [0.15, 0.2) is 0 Å². The van der Waals surface area contributed by atoms with E-state index in [9.17, 15) is 9.90 Å². The average Bonchev–Trinajstić information content (AvgIpc) is 2.23. The number of nitrogens with one attached hydrogen (secondary N) is 1. The Morgan fingerprint density at radius 2 is 1.93 bits per heavy atom. The molecule has 0 aliphatic carbocycles. The minimum atomic E-state index is -0.422. The highest BCUT2D eigenvalue weighted by atomic mass is 32.2. The third-order valence-electron chi connectivity index (χ3n) is 2.61. The van der Waals surface area contributed by atoms with Crippen molar-refractivity contribution in [3.8, 4) is 0 Å². The molecule has 0 radical (unpaired) electrons. The first-order valence-electron chi connectivity index (χ1n) is 5.53. The van der Waals surface area contributed by atoms with Gasteiger partial charge in [0.1, 0.15) is 0 Å². The molecular weight excluding hydrogens is 210 g/mol. The zero-order valence-electron chi connectivity index (χ0n) is 10.2. The number of hydrogen-bond acceptors (Lipinski definition) is 3. The first kappa shape index (κ1) is 14.8. The van der Waals surface area contributed by atoms with Crippen molar-refractivity contribution in [2.45, 2.75) is 51.3 Å². The van der Waals surface area contributed by atoms with Crippen LogP contribution >= 0.6 is 11.8 Å². The highest BCUT2D eigenvalue weighted by molar-refractivity contribution is 8.00. The summed E-state index contributed by atoms with van der Waals surface area (Å²) in [5.41, 5.74) is -0.422. The van der Waals surface area contributed by atoms with Crippen LogP contribution in [0.5, 0.6) is 0 Å². The Labute approximate surface area is 97.0 Å². The molecule has 15 heavy (non-hydrogen) atoms. The number of aliphatic hydroxyl groups is 1. The monoisotopic (exact) mass is 233 g/mol. The fourth-order valence-corrected chi connectivity index (χ4v) is 1.82. The van der Waals surface area contributed by atoms with Crippen molar-refractivity contribution < 1.29 is 9.90 Å². The van der Waals surface area contributed by atoms with Crippen LogP contribution in [-0.2, 0) is 4.79 Å². The van der Waals surface area contributed by atoms with Crippen LogP contribution in [0.1, 0.15) is 40.5 Å². The summed E-state index contributed by atoms with van der Waals surface area (Å²) >= 11 is 1.62. The lowest BCUT2D eigenvalue weighted by molar-refractivity contribution is -0.121. The maximum atomic E-state index is 11.6. The molecule has 0 heterocycles. The number of rotatable bonds is 7. The number of amides is 1. The molecule has 0 aromatic carbocycles. The van der Waals surface area contributed by atoms with E-state index in [2.05, 4.69) is 19.2 Å². The molecule has 3 nitrogen and oxygen atoms in total. The van der Waals surface area contributed by atoms with Gasteiger partial charge in [0, 0.05) is 0 Å². The van der Waals surface area contributed by atoms with Gasteiger partial charge in [0.05, 0.1) is 17.9 Å². The Morgan fingerprint density at radius 1 is 1.40 bits per heavy atom. The van der Waals surface area contributed by atoms with Crippen LogP contribution in [0.25, 0.3) is 0 Å². The molecule has 4 heteroatoms. The molecule has 0 aromatic heterocycles. The van der Waals surface area contributed by atoms with E-state index in [1.807, 2.05) is 13.8 Å². The van der Waals surface area contributed by atoms with Gasteiger partial charge in [0.2, 0.25) is 5.91 Å². The minimum absolute atomic E-state index is 0.0120. The molecule has 1 amide bonds. The summed E-state index contributed by atoms with van der Waals surface area (Å²) in [5, 5.41) is 12.7. The lowest BCUT2D eigenvalue weighted by Crippen LogP contribution is -2.51.